The van der Waals surface area contributed by atoms with Gasteiger partial charge in [-0.05, 0) is 35.4 Å². The van der Waals surface area contributed by atoms with E-state index in [1.54, 1.807) is 42.5 Å². The fraction of sp³-hybridized carbons (Fsp3) is 0.160. The highest BCUT2D eigenvalue weighted by Gasteiger charge is 2.36. The average Bonchev–Trinajstić information content (AvgIpc) is 3.58. The zero-order valence-electron chi connectivity index (χ0n) is 19.8. The van der Waals surface area contributed by atoms with Crippen molar-refractivity contribution in [1.29, 1.82) is 0 Å². The minimum atomic E-state index is -2.24. The topological polar surface area (TPSA) is 153 Å². The molecule has 12 nitrogen and oxygen atoms in total. The van der Waals surface area contributed by atoms with Crippen LogP contribution in [0.4, 0.5) is 4.39 Å². The van der Waals surface area contributed by atoms with Crippen molar-refractivity contribution in [1.82, 2.24) is 30.2 Å². The Morgan fingerprint density at radius 3 is 2.58 bits per heavy atom. The third kappa shape index (κ3) is 4.40. The molecule has 3 N–H and O–H groups in total. The monoisotopic (exact) mass is 518 g/mol. The van der Waals surface area contributed by atoms with Crippen LogP contribution in [-0.2, 0) is 13.1 Å². The maximum absolute atomic E-state index is 13.9. The second-order valence-electron chi connectivity index (χ2n) is 8.66. The molecule has 0 aliphatic carbocycles. The Morgan fingerprint density at radius 2 is 1.74 bits per heavy atom. The summed E-state index contributed by atoms with van der Waals surface area (Å²) in [5, 5.41) is 9.65. The molecule has 1 aliphatic heterocycles. The number of nitrogens with zero attached hydrogens (tertiary/aromatic N) is 3. The molecule has 2 amide bonds. The zero-order chi connectivity index (χ0) is 26.4. The predicted octanol–water partition coefficient (Wildman–Crippen LogP) is 2.44. The van der Waals surface area contributed by atoms with Crippen molar-refractivity contribution in [2.24, 2.45) is 0 Å². The molecule has 13 heteroatoms. The molecule has 4 heterocycles. The number of aromatic nitrogens is 4. The van der Waals surface area contributed by atoms with Crippen molar-refractivity contribution in [2.75, 3.05) is 0 Å². The number of rotatable bonds is 6. The molecule has 1 unspecified atom stereocenters. The highest BCUT2D eigenvalue weighted by Crippen LogP contribution is 2.40. The Bertz CT molecular complexity index is 1790. The van der Waals surface area contributed by atoms with Gasteiger partial charge < -0.3 is 24.5 Å². The predicted molar refractivity (Wildman–Crippen MR) is 129 cm³/mol. The number of hydrogen-bond acceptors (Lipinski definition) is 8. The minimum Gasteiger partial charge on any atom is -0.423 e. The van der Waals surface area contributed by atoms with Gasteiger partial charge in [-0.3, -0.25) is 14.6 Å². The summed E-state index contributed by atoms with van der Waals surface area (Å²) in [6, 6.07) is 10.5. The molecule has 0 fully saturated rings. The van der Waals surface area contributed by atoms with Crippen LogP contribution in [0.1, 0.15) is 39.0 Å². The lowest BCUT2D eigenvalue weighted by Crippen LogP contribution is -2.28. The summed E-state index contributed by atoms with van der Waals surface area (Å²) < 4.78 is 30.4. The molecule has 1 atom stereocenters. The molecule has 1 aliphatic rings. The van der Waals surface area contributed by atoms with Crippen molar-refractivity contribution in [3.8, 4) is 11.5 Å². The van der Waals surface area contributed by atoms with E-state index >= 15 is 0 Å². The Labute approximate surface area is 212 Å². The number of ether oxygens (including phenoxy) is 2. The number of oxazole rings is 1. The molecular weight excluding hydrogens is 499 g/mol. The molecule has 0 radical (unpaired) electrons. The second kappa shape index (κ2) is 8.73. The molecule has 0 saturated heterocycles. The number of amides is 2. The molecule has 6 rings (SSSR count). The number of nitrogens with one attached hydrogen (secondary N) is 3. The third-order valence-corrected chi connectivity index (χ3v) is 5.81. The lowest BCUT2D eigenvalue weighted by Gasteiger charge is -2.10. The summed E-state index contributed by atoms with van der Waals surface area (Å²) in [4.78, 5) is 44.2. The lowest BCUT2D eigenvalue weighted by atomic mass is 10.2. The molecule has 3 aromatic heterocycles. The number of carbonyl (C=O) groups excluding carboxylic acids is 2. The molecule has 0 bridgehead atoms. The van der Waals surface area contributed by atoms with E-state index in [1.165, 1.54) is 16.8 Å². The van der Waals surface area contributed by atoms with E-state index in [9.17, 15) is 18.8 Å². The molecule has 5 aromatic rings. The Kier molecular flexibility index (Phi) is 5.33. The number of alkyl halides is 1. The molecule has 0 spiro atoms. The zero-order valence-corrected chi connectivity index (χ0v) is 19.8. The van der Waals surface area contributed by atoms with E-state index in [0.717, 1.165) is 12.5 Å². The van der Waals surface area contributed by atoms with Gasteiger partial charge in [-0.15, -0.1) is 0 Å². The average molecular weight is 518 g/mol. The van der Waals surface area contributed by atoms with Gasteiger partial charge in [0, 0.05) is 32.1 Å². The second-order valence-corrected chi connectivity index (χ2v) is 8.66. The van der Waals surface area contributed by atoms with Gasteiger partial charge in [0.15, 0.2) is 22.7 Å². The largest absolute Gasteiger partial charge is 0.423 e. The number of halogens is 1. The van der Waals surface area contributed by atoms with Crippen molar-refractivity contribution < 1.29 is 27.9 Å². The SMILES string of the molecule is CC1(F)Oc2ccc(CNC(=O)c3cc(C(=O)NCc4ccc5oc(=O)[nH]c5c4)nc4ccnn34)cc2O1. The van der Waals surface area contributed by atoms with Gasteiger partial charge in [-0.25, -0.2) is 14.3 Å². The number of benzene rings is 2. The Morgan fingerprint density at radius 1 is 1.00 bits per heavy atom. The lowest BCUT2D eigenvalue weighted by molar-refractivity contribution is -0.173. The first-order valence-electron chi connectivity index (χ1n) is 11.5. The highest BCUT2D eigenvalue weighted by atomic mass is 19.2. The van der Waals surface area contributed by atoms with Gasteiger partial charge >= 0.3 is 11.8 Å². The van der Waals surface area contributed by atoms with E-state index in [4.69, 9.17) is 13.9 Å². The Hall–Kier alpha value is -5.20. The van der Waals surface area contributed by atoms with Gasteiger partial charge in [0.05, 0.1) is 11.7 Å². The smallest absolute Gasteiger partial charge is 0.417 e. The molecular formula is C25H19FN6O6. The number of carbonyl (C=O) groups is 2. The molecule has 192 valence electrons. The van der Waals surface area contributed by atoms with E-state index in [0.29, 0.717) is 22.3 Å². The van der Waals surface area contributed by atoms with Crippen molar-refractivity contribution in [3.63, 3.8) is 0 Å². The van der Waals surface area contributed by atoms with Gasteiger partial charge in [-0.1, -0.05) is 12.1 Å². The fourth-order valence-corrected chi connectivity index (χ4v) is 4.09. The molecule has 0 saturated carbocycles. The van der Waals surface area contributed by atoms with E-state index in [-0.39, 0.29) is 36.0 Å². The summed E-state index contributed by atoms with van der Waals surface area (Å²) >= 11 is 0. The van der Waals surface area contributed by atoms with Gasteiger partial charge in [0.1, 0.15) is 11.4 Å². The van der Waals surface area contributed by atoms with E-state index in [2.05, 4.69) is 25.7 Å². The standard InChI is InChI=1S/C25H19FN6O6/c1-25(26)37-19-5-3-14(9-20(19)38-25)12-28-23(34)17-10-16(30-21-6-7-29-32(17)21)22(33)27-11-13-2-4-18-15(8-13)31-24(35)36-18/h2-10H,11-12H2,1H3,(H,27,33)(H,28,34)(H,31,35). The maximum atomic E-state index is 13.9. The summed E-state index contributed by atoms with van der Waals surface area (Å²) in [5.41, 5.74) is 2.73. The first-order chi connectivity index (χ1) is 18.2. The normalized spacial score (nSPS) is 16.2. The van der Waals surface area contributed by atoms with E-state index in [1.807, 2.05) is 0 Å². The van der Waals surface area contributed by atoms with Crippen LogP contribution in [-0.4, -0.2) is 37.4 Å². The van der Waals surface area contributed by atoms with Crippen LogP contribution >= 0.6 is 0 Å². The van der Waals surface area contributed by atoms with Gasteiger partial charge in [0.2, 0.25) is 0 Å². The summed E-state index contributed by atoms with van der Waals surface area (Å²) in [7, 11) is 0. The minimum absolute atomic E-state index is 0.0197. The van der Waals surface area contributed by atoms with E-state index < -0.39 is 23.6 Å². The summed E-state index contributed by atoms with van der Waals surface area (Å²) in [5.74, 6) is -1.07. The summed E-state index contributed by atoms with van der Waals surface area (Å²) in [6.45, 7) is 1.41. The summed E-state index contributed by atoms with van der Waals surface area (Å²) in [6.07, 6.45) is 1.47. The number of hydrogen-bond donors (Lipinski definition) is 3. The fourth-order valence-electron chi connectivity index (χ4n) is 4.09. The van der Waals surface area contributed by atoms with Crippen molar-refractivity contribution in [2.45, 2.75) is 26.1 Å². The first-order valence-corrected chi connectivity index (χ1v) is 11.5. The third-order valence-electron chi connectivity index (χ3n) is 5.81. The van der Waals surface area contributed by atoms with Gasteiger partial charge in [0.25, 0.3) is 11.8 Å². The van der Waals surface area contributed by atoms with Crippen LogP contribution in [0.5, 0.6) is 11.5 Å². The van der Waals surface area contributed by atoms with Crippen LogP contribution < -0.4 is 25.9 Å². The van der Waals surface area contributed by atoms with Crippen LogP contribution in [0.3, 0.4) is 0 Å². The first kappa shape index (κ1) is 23.2. The van der Waals surface area contributed by atoms with Crippen LogP contribution in [0, 0.1) is 0 Å². The van der Waals surface area contributed by atoms with Gasteiger partial charge in [-0.2, -0.15) is 9.49 Å². The highest BCUT2D eigenvalue weighted by molar-refractivity contribution is 5.98. The maximum Gasteiger partial charge on any atom is 0.417 e. The van der Waals surface area contributed by atoms with Crippen LogP contribution in [0.2, 0.25) is 0 Å². The number of H-pyrrole nitrogens is 1. The van der Waals surface area contributed by atoms with Crippen LogP contribution in [0.15, 0.2) is 63.9 Å². The van der Waals surface area contributed by atoms with Crippen molar-refractivity contribution >= 4 is 28.6 Å². The van der Waals surface area contributed by atoms with Crippen LogP contribution in [0.25, 0.3) is 16.7 Å². The molecule has 2 aromatic carbocycles. The van der Waals surface area contributed by atoms with Crippen molar-refractivity contribution in [3.05, 3.63) is 87.8 Å². The molecule has 38 heavy (non-hydrogen) atoms. The quantitative estimate of drug-likeness (QED) is 0.310. The number of fused-ring (bicyclic) bond motifs is 3. The Balaban J connectivity index is 1.17. The number of aromatic amines is 1.